The average Bonchev–Trinajstić information content (AvgIpc) is 3.55. The summed E-state index contributed by atoms with van der Waals surface area (Å²) in [7, 11) is 0. The lowest BCUT2D eigenvalue weighted by atomic mass is 9.96. The average molecular weight is 465 g/mol. The quantitative estimate of drug-likeness (QED) is 0.456. The van der Waals surface area contributed by atoms with Crippen molar-refractivity contribution in [1.82, 2.24) is 10.6 Å². The summed E-state index contributed by atoms with van der Waals surface area (Å²) >= 11 is 0. The Morgan fingerprint density at radius 3 is 2.21 bits per heavy atom. The summed E-state index contributed by atoms with van der Waals surface area (Å²) in [5, 5.41) is 14.7. The Kier molecular flexibility index (Phi) is 7.20. The molecule has 1 unspecified atom stereocenters. The molecule has 1 saturated carbocycles. The van der Waals surface area contributed by atoms with Gasteiger partial charge in [0, 0.05) is 18.9 Å². The summed E-state index contributed by atoms with van der Waals surface area (Å²) < 4.78 is 5.57. The molecule has 4 rings (SSSR count). The van der Waals surface area contributed by atoms with Crippen LogP contribution >= 0.6 is 0 Å². The Morgan fingerprint density at radius 2 is 1.65 bits per heavy atom. The maximum atomic E-state index is 12.3. The monoisotopic (exact) mass is 464 g/mol. The zero-order valence-electron chi connectivity index (χ0n) is 19.5. The molecule has 34 heavy (non-hydrogen) atoms. The van der Waals surface area contributed by atoms with Gasteiger partial charge in [-0.3, -0.25) is 4.79 Å². The Bertz CT molecular complexity index is 1020. The predicted octanol–water partition coefficient (Wildman–Crippen LogP) is 4.46. The van der Waals surface area contributed by atoms with E-state index in [0.717, 1.165) is 12.8 Å². The van der Waals surface area contributed by atoms with Gasteiger partial charge in [0.15, 0.2) is 0 Å². The summed E-state index contributed by atoms with van der Waals surface area (Å²) in [6.45, 7) is 2.80. The fourth-order valence-electron chi connectivity index (χ4n) is 4.76. The molecule has 0 aliphatic heterocycles. The van der Waals surface area contributed by atoms with Crippen LogP contribution in [0.1, 0.15) is 62.5 Å². The van der Waals surface area contributed by atoms with Crippen molar-refractivity contribution in [2.24, 2.45) is 5.92 Å². The summed E-state index contributed by atoms with van der Waals surface area (Å²) in [5.74, 6) is -0.886. The molecule has 2 aliphatic rings. The van der Waals surface area contributed by atoms with Gasteiger partial charge in [-0.25, -0.2) is 9.59 Å². The van der Waals surface area contributed by atoms with Crippen molar-refractivity contribution in [2.75, 3.05) is 13.2 Å². The van der Waals surface area contributed by atoms with Gasteiger partial charge in [0.25, 0.3) is 0 Å². The Balaban J connectivity index is 1.19. The maximum Gasteiger partial charge on any atom is 0.407 e. The fourth-order valence-corrected chi connectivity index (χ4v) is 4.76. The van der Waals surface area contributed by atoms with Gasteiger partial charge in [-0.05, 0) is 53.9 Å². The second-order valence-electron chi connectivity index (χ2n) is 9.29. The molecule has 180 valence electrons. The van der Waals surface area contributed by atoms with Gasteiger partial charge in [0.2, 0.25) is 5.91 Å². The third-order valence-electron chi connectivity index (χ3n) is 7.06. The van der Waals surface area contributed by atoms with Crippen LogP contribution in [-0.2, 0) is 14.3 Å². The number of amides is 2. The van der Waals surface area contributed by atoms with Crippen molar-refractivity contribution in [3.8, 4) is 11.1 Å². The third kappa shape index (κ3) is 5.24. The first-order chi connectivity index (χ1) is 16.4. The van der Waals surface area contributed by atoms with Crippen LogP contribution in [0.3, 0.4) is 0 Å². The lowest BCUT2D eigenvalue weighted by Gasteiger charge is -2.17. The first-order valence-electron chi connectivity index (χ1n) is 12.1. The first kappa shape index (κ1) is 23.8. The van der Waals surface area contributed by atoms with Crippen molar-refractivity contribution < 1.29 is 24.2 Å². The van der Waals surface area contributed by atoms with Crippen molar-refractivity contribution in [3.63, 3.8) is 0 Å². The highest BCUT2D eigenvalue weighted by molar-refractivity contribution is 5.89. The zero-order chi connectivity index (χ0) is 24.1. The van der Waals surface area contributed by atoms with E-state index in [1.807, 2.05) is 24.3 Å². The van der Waals surface area contributed by atoms with Crippen LogP contribution in [0.15, 0.2) is 48.5 Å². The molecule has 2 amide bonds. The number of fused-ring (bicyclic) bond motifs is 3. The molecule has 0 aromatic heterocycles. The van der Waals surface area contributed by atoms with E-state index < -0.39 is 17.6 Å². The molecule has 1 fully saturated rings. The smallest absolute Gasteiger partial charge is 0.407 e. The molecular formula is C27H32N2O5. The third-order valence-corrected chi connectivity index (χ3v) is 7.06. The van der Waals surface area contributed by atoms with Gasteiger partial charge in [0.05, 0.1) is 0 Å². The summed E-state index contributed by atoms with van der Waals surface area (Å²) in [6.07, 6.45) is 3.11. The van der Waals surface area contributed by atoms with E-state index in [4.69, 9.17) is 4.74 Å². The normalized spacial score (nSPS) is 16.1. The van der Waals surface area contributed by atoms with Gasteiger partial charge < -0.3 is 20.5 Å². The van der Waals surface area contributed by atoms with E-state index in [1.54, 1.807) is 0 Å². The highest BCUT2D eigenvalue weighted by Crippen LogP contribution is 2.44. The van der Waals surface area contributed by atoms with Gasteiger partial charge in [0.1, 0.15) is 12.1 Å². The molecular weight excluding hydrogens is 432 g/mol. The minimum atomic E-state index is -1.04. The minimum Gasteiger partial charge on any atom is -0.480 e. The number of hydrogen-bond acceptors (Lipinski definition) is 4. The summed E-state index contributed by atoms with van der Waals surface area (Å²) in [4.78, 5) is 35.7. The van der Waals surface area contributed by atoms with Crippen LogP contribution in [-0.4, -0.2) is 41.8 Å². The number of carbonyl (C=O) groups excluding carboxylic acids is 2. The van der Waals surface area contributed by atoms with Crippen molar-refractivity contribution in [1.29, 1.82) is 0 Å². The molecule has 0 radical (unpaired) electrons. The molecule has 0 heterocycles. The number of carboxylic acid groups (broad SMARTS) is 1. The maximum absolute atomic E-state index is 12.3. The van der Waals surface area contributed by atoms with E-state index in [9.17, 15) is 19.5 Å². The number of hydrogen-bond donors (Lipinski definition) is 3. The number of benzene rings is 2. The molecule has 0 spiro atoms. The number of ether oxygens (including phenoxy) is 1. The number of rotatable bonds is 11. The number of nitrogens with one attached hydrogen (secondary N) is 2. The SMILES string of the molecule is CCC(CCNC(=O)OCC1c2ccccc2-c2ccccc21)CCC(=O)NC1(C(=O)O)CC1. The zero-order valence-corrected chi connectivity index (χ0v) is 19.5. The van der Waals surface area contributed by atoms with Crippen LogP contribution in [0, 0.1) is 5.92 Å². The van der Waals surface area contributed by atoms with Gasteiger partial charge in [-0.15, -0.1) is 0 Å². The van der Waals surface area contributed by atoms with E-state index in [2.05, 4.69) is 41.8 Å². The minimum absolute atomic E-state index is 0.0283. The fraction of sp³-hybridized carbons (Fsp3) is 0.444. The molecule has 2 aliphatic carbocycles. The molecule has 1 atom stereocenters. The van der Waals surface area contributed by atoms with E-state index in [1.165, 1.54) is 22.3 Å². The van der Waals surface area contributed by atoms with Gasteiger partial charge in [-0.1, -0.05) is 61.9 Å². The van der Waals surface area contributed by atoms with Crippen molar-refractivity contribution in [3.05, 3.63) is 59.7 Å². The van der Waals surface area contributed by atoms with Crippen molar-refractivity contribution >= 4 is 18.0 Å². The molecule has 0 saturated heterocycles. The summed E-state index contributed by atoms with van der Waals surface area (Å²) in [5.41, 5.74) is 3.70. The Hall–Kier alpha value is -3.35. The number of alkyl carbamates (subject to hydrolysis) is 1. The van der Waals surface area contributed by atoms with E-state index in [-0.39, 0.29) is 24.3 Å². The van der Waals surface area contributed by atoms with Crippen molar-refractivity contribution in [2.45, 2.75) is 56.9 Å². The number of aliphatic carboxylic acids is 1. The molecule has 2 aromatic rings. The van der Waals surface area contributed by atoms with Gasteiger partial charge in [-0.2, -0.15) is 0 Å². The van der Waals surface area contributed by atoms with Crippen LogP contribution < -0.4 is 10.6 Å². The molecule has 7 nitrogen and oxygen atoms in total. The second-order valence-corrected chi connectivity index (χ2v) is 9.29. The highest BCUT2D eigenvalue weighted by Gasteiger charge is 2.51. The Labute approximate surface area is 199 Å². The topological polar surface area (TPSA) is 105 Å². The van der Waals surface area contributed by atoms with E-state index >= 15 is 0 Å². The molecule has 3 N–H and O–H groups in total. The highest BCUT2D eigenvalue weighted by atomic mass is 16.5. The standard InChI is InChI=1S/C27H32N2O5/c1-2-18(11-12-24(30)29-27(14-15-27)25(31)32)13-16-28-26(33)34-17-23-21-9-5-3-7-19(21)20-8-4-6-10-22(20)23/h3-10,18,23H,2,11-17H2,1H3,(H,28,33)(H,29,30)(H,31,32). The van der Waals surface area contributed by atoms with Crippen LogP contribution in [0.25, 0.3) is 11.1 Å². The first-order valence-corrected chi connectivity index (χ1v) is 12.1. The lowest BCUT2D eigenvalue weighted by molar-refractivity contribution is -0.143. The lowest BCUT2D eigenvalue weighted by Crippen LogP contribution is -2.43. The molecule has 2 aromatic carbocycles. The largest absolute Gasteiger partial charge is 0.480 e. The second kappa shape index (κ2) is 10.3. The van der Waals surface area contributed by atoms with Gasteiger partial charge >= 0.3 is 12.1 Å². The molecule has 7 heteroatoms. The molecule has 0 bridgehead atoms. The summed E-state index contributed by atoms with van der Waals surface area (Å²) in [6, 6.07) is 16.4. The van der Waals surface area contributed by atoms with Crippen LogP contribution in [0.2, 0.25) is 0 Å². The van der Waals surface area contributed by atoms with Crippen LogP contribution in [0.5, 0.6) is 0 Å². The van der Waals surface area contributed by atoms with Crippen LogP contribution in [0.4, 0.5) is 4.79 Å². The Morgan fingerprint density at radius 1 is 1.03 bits per heavy atom. The number of carboxylic acids is 1. The van der Waals surface area contributed by atoms with E-state index in [0.29, 0.717) is 32.2 Å². The predicted molar refractivity (Wildman–Crippen MR) is 128 cm³/mol. The number of carbonyl (C=O) groups is 3.